The van der Waals surface area contributed by atoms with Crippen LogP contribution in [0.5, 0.6) is 0 Å². The molecule has 0 unspecified atom stereocenters. The molecular weight excluding hydrogens is 277 g/mol. The van der Waals surface area contributed by atoms with Gasteiger partial charge in [-0.25, -0.2) is 4.39 Å². The predicted octanol–water partition coefficient (Wildman–Crippen LogP) is 4.21. The summed E-state index contributed by atoms with van der Waals surface area (Å²) in [7, 11) is 0. The van der Waals surface area contributed by atoms with Crippen LogP contribution in [0.1, 0.15) is 35.9 Å². The van der Waals surface area contributed by atoms with Gasteiger partial charge in [0.1, 0.15) is 5.83 Å². The molecule has 0 saturated carbocycles. The van der Waals surface area contributed by atoms with Gasteiger partial charge >= 0.3 is 0 Å². The molecule has 1 aromatic rings. The molecule has 1 aromatic heterocycles. The van der Waals surface area contributed by atoms with Crippen molar-refractivity contribution in [2.45, 2.75) is 27.2 Å². The molecule has 2 rings (SSSR count). The summed E-state index contributed by atoms with van der Waals surface area (Å²) < 4.78 is 13.6. The third-order valence-electron chi connectivity index (χ3n) is 3.83. The molecule has 3 nitrogen and oxygen atoms in total. The van der Waals surface area contributed by atoms with Crippen LogP contribution in [0, 0.1) is 13.8 Å². The van der Waals surface area contributed by atoms with E-state index in [2.05, 4.69) is 23.5 Å². The number of aromatic nitrogens is 1. The summed E-state index contributed by atoms with van der Waals surface area (Å²) in [6.45, 7) is 13.7. The van der Waals surface area contributed by atoms with Gasteiger partial charge in [0.05, 0.1) is 0 Å². The maximum Gasteiger partial charge on any atom is 0.139 e. The first-order chi connectivity index (χ1) is 10.3. The van der Waals surface area contributed by atoms with Gasteiger partial charge in [-0.05, 0) is 43.6 Å². The zero-order valence-corrected chi connectivity index (χ0v) is 13.3. The highest BCUT2D eigenvalue weighted by Gasteiger charge is 2.15. The standard InChI is InChI=1S/C18H22FN3/c1-6-14-7-15(19)9-21-12(4)16(14)8-17-10(2)18(11(3)20)13(5)22-17/h7-9,21-22H,3-4,6,20H2,1-2,5H3/b16-8+. The Labute approximate surface area is 130 Å². The SMILES string of the molecule is C=C1NC=C(F)C=C(CC)/C1=C/c1[nH]c(C)c(C(=C)N)c1C. The average molecular weight is 299 g/mol. The summed E-state index contributed by atoms with van der Waals surface area (Å²) in [5, 5.41) is 2.88. The second-order valence-corrected chi connectivity index (χ2v) is 5.42. The summed E-state index contributed by atoms with van der Waals surface area (Å²) in [5.41, 5.74) is 12.7. The normalized spacial score (nSPS) is 16.9. The molecule has 0 bridgehead atoms. The van der Waals surface area contributed by atoms with E-state index in [0.29, 0.717) is 17.8 Å². The Morgan fingerprint density at radius 2 is 2.09 bits per heavy atom. The van der Waals surface area contributed by atoms with E-state index in [1.54, 1.807) is 0 Å². The topological polar surface area (TPSA) is 53.8 Å². The lowest BCUT2D eigenvalue weighted by Gasteiger charge is -2.11. The van der Waals surface area contributed by atoms with Gasteiger partial charge in [-0.15, -0.1) is 0 Å². The number of rotatable bonds is 3. The molecule has 0 spiro atoms. The van der Waals surface area contributed by atoms with Gasteiger partial charge in [-0.3, -0.25) is 0 Å². The lowest BCUT2D eigenvalue weighted by molar-refractivity contribution is 0.658. The number of aryl methyl sites for hydroxylation is 1. The molecule has 4 N–H and O–H groups in total. The number of nitrogens with one attached hydrogen (secondary N) is 2. The van der Waals surface area contributed by atoms with Crippen molar-refractivity contribution in [1.82, 2.24) is 10.3 Å². The molecule has 0 aliphatic carbocycles. The number of H-pyrrole nitrogens is 1. The van der Waals surface area contributed by atoms with Crippen molar-refractivity contribution in [2.75, 3.05) is 0 Å². The summed E-state index contributed by atoms with van der Waals surface area (Å²) in [5.74, 6) is -0.309. The lowest BCUT2D eigenvalue weighted by atomic mass is 9.98. The maximum absolute atomic E-state index is 13.6. The number of halogens is 1. The first-order valence-corrected chi connectivity index (χ1v) is 7.23. The molecule has 0 saturated heterocycles. The minimum absolute atomic E-state index is 0.309. The third kappa shape index (κ3) is 2.91. The molecule has 4 heteroatoms. The fourth-order valence-electron chi connectivity index (χ4n) is 2.73. The van der Waals surface area contributed by atoms with Crippen LogP contribution in [-0.2, 0) is 0 Å². The van der Waals surface area contributed by atoms with Crippen molar-refractivity contribution in [3.63, 3.8) is 0 Å². The van der Waals surface area contributed by atoms with Crippen molar-refractivity contribution in [3.05, 3.63) is 70.6 Å². The first-order valence-electron chi connectivity index (χ1n) is 7.23. The van der Waals surface area contributed by atoms with Crippen LogP contribution < -0.4 is 11.1 Å². The van der Waals surface area contributed by atoms with Gasteiger partial charge in [0.25, 0.3) is 0 Å². The van der Waals surface area contributed by atoms with Gasteiger partial charge in [0.2, 0.25) is 0 Å². The van der Waals surface area contributed by atoms with Gasteiger partial charge in [-0.1, -0.05) is 20.1 Å². The van der Waals surface area contributed by atoms with Crippen LogP contribution in [0.15, 0.2) is 48.1 Å². The third-order valence-corrected chi connectivity index (χ3v) is 3.83. The number of hydrogen-bond donors (Lipinski definition) is 3. The van der Waals surface area contributed by atoms with E-state index in [1.165, 1.54) is 12.3 Å². The summed E-state index contributed by atoms with van der Waals surface area (Å²) in [6.07, 6.45) is 5.54. The summed E-state index contributed by atoms with van der Waals surface area (Å²) in [6, 6.07) is 0. The zero-order valence-electron chi connectivity index (χ0n) is 13.3. The Bertz CT molecular complexity index is 730. The van der Waals surface area contributed by atoms with Crippen LogP contribution in [-0.4, -0.2) is 4.98 Å². The number of allylic oxidation sites excluding steroid dienone is 3. The highest BCUT2D eigenvalue weighted by molar-refractivity contribution is 5.73. The largest absolute Gasteiger partial charge is 0.399 e. The average Bonchev–Trinajstić information content (AvgIpc) is 2.65. The quantitative estimate of drug-likeness (QED) is 0.783. The predicted molar refractivity (Wildman–Crippen MR) is 91.3 cm³/mol. The minimum atomic E-state index is -0.309. The molecule has 0 aromatic carbocycles. The van der Waals surface area contributed by atoms with E-state index < -0.39 is 0 Å². The minimum Gasteiger partial charge on any atom is -0.399 e. The summed E-state index contributed by atoms with van der Waals surface area (Å²) >= 11 is 0. The molecule has 1 aliphatic heterocycles. The second-order valence-electron chi connectivity index (χ2n) is 5.42. The molecule has 2 heterocycles. The Morgan fingerprint density at radius 1 is 1.41 bits per heavy atom. The number of hydrogen-bond acceptors (Lipinski definition) is 2. The van der Waals surface area contributed by atoms with E-state index in [1.807, 2.05) is 26.8 Å². The smallest absolute Gasteiger partial charge is 0.139 e. The van der Waals surface area contributed by atoms with Crippen LogP contribution in [0.25, 0.3) is 11.8 Å². The molecule has 0 fully saturated rings. The highest BCUT2D eigenvalue weighted by Crippen LogP contribution is 2.29. The molecule has 1 aliphatic rings. The van der Waals surface area contributed by atoms with Crippen molar-refractivity contribution in [2.24, 2.45) is 5.73 Å². The summed E-state index contributed by atoms with van der Waals surface area (Å²) in [4.78, 5) is 3.31. The molecule has 0 amide bonds. The lowest BCUT2D eigenvalue weighted by Crippen LogP contribution is -2.06. The van der Waals surface area contributed by atoms with E-state index in [-0.39, 0.29) is 5.83 Å². The van der Waals surface area contributed by atoms with Crippen molar-refractivity contribution in [1.29, 1.82) is 0 Å². The Morgan fingerprint density at radius 3 is 2.64 bits per heavy atom. The van der Waals surface area contributed by atoms with E-state index >= 15 is 0 Å². The maximum atomic E-state index is 13.6. The highest BCUT2D eigenvalue weighted by atomic mass is 19.1. The first kappa shape index (κ1) is 15.9. The molecule has 0 atom stereocenters. The number of aromatic amines is 1. The number of nitrogens with two attached hydrogens (primary N) is 1. The molecule has 22 heavy (non-hydrogen) atoms. The van der Waals surface area contributed by atoms with Crippen LogP contribution in [0.2, 0.25) is 0 Å². The van der Waals surface area contributed by atoms with Gasteiger partial charge in [0.15, 0.2) is 0 Å². The Hall–Kier alpha value is -2.49. The van der Waals surface area contributed by atoms with E-state index in [4.69, 9.17) is 5.73 Å². The monoisotopic (exact) mass is 299 g/mol. The van der Waals surface area contributed by atoms with Crippen LogP contribution in [0.4, 0.5) is 4.39 Å². The second kappa shape index (κ2) is 6.10. The van der Waals surface area contributed by atoms with Crippen molar-refractivity contribution < 1.29 is 4.39 Å². The Balaban J connectivity index is 2.56. The van der Waals surface area contributed by atoms with Gasteiger partial charge in [0, 0.05) is 40.1 Å². The van der Waals surface area contributed by atoms with Gasteiger partial charge in [-0.2, -0.15) is 0 Å². The molecule has 0 radical (unpaired) electrons. The zero-order chi connectivity index (χ0) is 16.4. The van der Waals surface area contributed by atoms with Gasteiger partial charge < -0.3 is 16.0 Å². The molecule has 116 valence electrons. The van der Waals surface area contributed by atoms with E-state index in [0.717, 1.165) is 33.7 Å². The molecular formula is C18H22FN3. The van der Waals surface area contributed by atoms with Crippen molar-refractivity contribution >= 4 is 11.8 Å². The fraction of sp³-hybridized carbons (Fsp3) is 0.222. The fourth-order valence-corrected chi connectivity index (χ4v) is 2.73. The van der Waals surface area contributed by atoms with Crippen LogP contribution in [0.3, 0.4) is 0 Å². The van der Waals surface area contributed by atoms with Crippen LogP contribution >= 0.6 is 0 Å². The van der Waals surface area contributed by atoms with Crippen molar-refractivity contribution in [3.8, 4) is 0 Å². The van der Waals surface area contributed by atoms with E-state index in [9.17, 15) is 4.39 Å². The Kier molecular flexibility index (Phi) is 4.40.